The van der Waals surface area contributed by atoms with E-state index in [0.717, 1.165) is 19.4 Å². The molecule has 3 N–H and O–H groups in total. The molecule has 1 rings (SSSR count). The van der Waals surface area contributed by atoms with Crippen molar-refractivity contribution in [2.24, 2.45) is 0 Å². The van der Waals surface area contributed by atoms with Crippen LogP contribution in [0.4, 0.5) is 11.8 Å². The molecule has 0 saturated heterocycles. The van der Waals surface area contributed by atoms with Gasteiger partial charge in [-0.15, -0.1) is 0 Å². The van der Waals surface area contributed by atoms with Gasteiger partial charge in [-0.1, -0.05) is 13.3 Å². The Hall–Kier alpha value is -1.60. The number of anilines is 2. The Labute approximate surface area is 119 Å². The molecular formula is C13H24N4O3. The SMILES string of the molecule is CCCCNc1nc(N)ncc1OCCOCCOC. The number of nitrogens with one attached hydrogen (secondary N) is 1. The maximum atomic E-state index is 5.59. The standard InChI is InChI=1S/C13H24N4O3/c1-3-4-5-15-12-11(10-16-13(14)17-12)20-9-8-19-7-6-18-2/h10H,3-9H2,1-2H3,(H3,14,15,16,17). The molecule has 0 aliphatic carbocycles. The number of nitrogens with two attached hydrogens (primary N) is 1. The van der Waals surface area contributed by atoms with Crippen molar-refractivity contribution in [2.45, 2.75) is 19.8 Å². The number of hydrogen-bond donors (Lipinski definition) is 2. The predicted molar refractivity (Wildman–Crippen MR) is 78.0 cm³/mol. The fourth-order valence-corrected chi connectivity index (χ4v) is 1.46. The van der Waals surface area contributed by atoms with Gasteiger partial charge in [0, 0.05) is 13.7 Å². The van der Waals surface area contributed by atoms with Gasteiger partial charge in [0.1, 0.15) is 6.61 Å². The Kier molecular flexibility index (Phi) is 8.41. The zero-order valence-corrected chi connectivity index (χ0v) is 12.2. The maximum Gasteiger partial charge on any atom is 0.222 e. The lowest BCUT2D eigenvalue weighted by Gasteiger charge is -2.12. The van der Waals surface area contributed by atoms with Gasteiger partial charge in [-0.2, -0.15) is 4.98 Å². The van der Waals surface area contributed by atoms with Crippen LogP contribution in [0.3, 0.4) is 0 Å². The van der Waals surface area contributed by atoms with Gasteiger partial charge in [0.15, 0.2) is 11.6 Å². The lowest BCUT2D eigenvalue weighted by Crippen LogP contribution is -2.13. The third kappa shape index (κ3) is 6.53. The van der Waals surface area contributed by atoms with E-state index in [1.807, 2.05) is 0 Å². The molecule has 1 heterocycles. The number of ether oxygens (including phenoxy) is 3. The zero-order valence-electron chi connectivity index (χ0n) is 12.2. The molecular weight excluding hydrogens is 260 g/mol. The van der Waals surface area contributed by atoms with Gasteiger partial charge in [0.05, 0.1) is 26.0 Å². The van der Waals surface area contributed by atoms with E-state index in [0.29, 0.717) is 38.0 Å². The van der Waals surface area contributed by atoms with E-state index in [4.69, 9.17) is 19.9 Å². The molecule has 0 aliphatic heterocycles. The van der Waals surface area contributed by atoms with Crippen molar-refractivity contribution in [3.05, 3.63) is 6.20 Å². The molecule has 0 spiro atoms. The fraction of sp³-hybridized carbons (Fsp3) is 0.692. The lowest BCUT2D eigenvalue weighted by atomic mass is 10.3. The van der Waals surface area contributed by atoms with Crippen LogP contribution in [0.5, 0.6) is 5.75 Å². The summed E-state index contributed by atoms with van der Waals surface area (Å²) < 4.78 is 15.8. The molecule has 0 saturated carbocycles. The number of unbranched alkanes of at least 4 members (excludes halogenated alkanes) is 1. The van der Waals surface area contributed by atoms with Gasteiger partial charge in [-0.3, -0.25) is 0 Å². The van der Waals surface area contributed by atoms with Crippen LogP contribution in [-0.4, -0.2) is 50.1 Å². The highest BCUT2D eigenvalue weighted by Crippen LogP contribution is 2.21. The van der Waals surface area contributed by atoms with Crippen molar-refractivity contribution in [2.75, 3.05) is 51.1 Å². The smallest absolute Gasteiger partial charge is 0.222 e. The van der Waals surface area contributed by atoms with E-state index in [2.05, 4.69) is 22.2 Å². The average Bonchev–Trinajstić information content (AvgIpc) is 2.45. The quantitative estimate of drug-likeness (QED) is 0.592. The number of nitrogens with zero attached hydrogens (tertiary/aromatic N) is 2. The minimum atomic E-state index is 0.229. The number of aromatic nitrogens is 2. The van der Waals surface area contributed by atoms with E-state index in [1.165, 1.54) is 0 Å². The predicted octanol–water partition coefficient (Wildman–Crippen LogP) is 1.31. The van der Waals surface area contributed by atoms with Gasteiger partial charge in [0.2, 0.25) is 5.95 Å². The van der Waals surface area contributed by atoms with Crippen LogP contribution in [0, 0.1) is 0 Å². The molecule has 0 aliphatic rings. The Morgan fingerprint density at radius 3 is 2.80 bits per heavy atom. The summed E-state index contributed by atoms with van der Waals surface area (Å²) in [7, 11) is 1.64. The molecule has 1 aromatic heterocycles. The Balaban J connectivity index is 2.38. The second-order valence-corrected chi connectivity index (χ2v) is 4.18. The Morgan fingerprint density at radius 2 is 2.05 bits per heavy atom. The van der Waals surface area contributed by atoms with Crippen LogP contribution < -0.4 is 15.8 Å². The summed E-state index contributed by atoms with van der Waals surface area (Å²) in [6, 6.07) is 0. The summed E-state index contributed by atoms with van der Waals surface area (Å²) in [4.78, 5) is 8.08. The van der Waals surface area contributed by atoms with Gasteiger partial charge < -0.3 is 25.3 Å². The van der Waals surface area contributed by atoms with Crippen LogP contribution in [-0.2, 0) is 9.47 Å². The monoisotopic (exact) mass is 284 g/mol. The minimum absolute atomic E-state index is 0.229. The highest BCUT2D eigenvalue weighted by atomic mass is 16.5. The first-order valence-electron chi connectivity index (χ1n) is 6.83. The summed E-state index contributed by atoms with van der Waals surface area (Å²) in [5, 5.41) is 3.20. The summed E-state index contributed by atoms with van der Waals surface area (Å²) in [6.45, 7) is 5.01. The summed E-state index contributed by atoms with van der Waals surface area (Å²) in [5.74, 6) is 1.45. The first-order valence-corrected chi connectivity index (χ1v) is 6.83. The number of hydrogen-bond acceptors (Lipinski definition) is 7. The third-order valence-electron chi connectivity index (χ3n) is 2.51. The van der Waals surface area contributed by atoms with Gasteiger partial charge in [0.25, 0.3) is 0 Å². The Bertz CT molecular complexity index is 377. The van der Waals surface area contributed by atoms with Crippen LogP contribution in [0.1, 0.15) is 19.8 Å². The number of methoxy groups -OCH3 is 1. The molecule has 1 aromatic rings. The second-order valence-electron chi connectivity index (χ2n) is 4.18. The molecule has 0 bridgehead atoms. The van der Waals surface area contributed by atoms with Crippen LogP contribution >= 0.6 is 0 Å². The van der Waals surface area contributed by atoms with E-state index in [9.17, 15) is 0 Å². The number of rotatable bonds is 11. The molecule has 0 aromatic carbocycles. The molecule has 0 radical (unpaired) electrons. The summed E-state index contributed by atoms with van der Waals surface area (Å²) in [6.07, 6.45) is 3.74. The van der Waals surface area contributed by atoms with E-state index < -0.39 is 0 Å². The van der Waals surface area contributed by atoms with Crippen molar-refractivity contribution >= 4 is 11.8 Å². The van der Waals surface area contributed by atoms with Gasteiger partial charge in [-0.05, 0) is 6.42 Å². The first kappa shape index (κ1) is 16.5. The summed E-state index contributed by atoms with van der Waals surface area (Å²) >= 11 is 0. The van der Waals surface area contributed by atoms with E-state index in [1.54, 1.807) is 13.3 Å². The molecule has 0 unspecified atom stereocenters. The molecule has 0 fully saturated rings. The van der Waals surface area contributed by atoms with Crippen molar-refractivity contribution in [1.29, 1.82) is 0 Å². The highest BCUT2D eigenvalue weighted by molar-refractivity contribution is 5.51. The van der Waals surface area contributed by atoms with Crippen LogP contribution in [0.2, 0.25) is 0 Å². The highest BCUT2D eigenvalue weighted by Gasteiger charge is 2.06. The molecule has 0 atom stereocenters. The molecule has 20 heavy (non-hydrogen) atoms. The topological polar surface area (TPSA) is 91.5 Å². The zero-order chi connectivity index (χ0) is 14.6. The van der Waals surface area contributed by atoms with Crippen molar-refractivity contribution in [3.63, 3.8) is 0 Å². The van der Waals surface area contributed by atoms with Crippen LogP contribution in [0.25, 0.3) is 0 Å². The lowest BCUT2D eigenvalue weighted by molar-refractivity contribution is 0.0544. The van der Waals surface area contributed by atoms with Gasteiger partial charge in [-0.25, -0.2) is 4.98 Å². The molecule has 7 heteroatoms. The normalized spacial score (nSPS) is 10.5. The van der Waals surface area contributed by atoms with Crippen molar-refractivity contribution < 1.29 is 14.2 Å². The molecule has 114 valence electrons. The van der Waals surface area contributed by atoms with Crippen molar-refractivity contribution in [3.8, 4) is 5.75 Å². The Morgan fingerprint density at radius 1 is 1.25 bits per heavy atom. The molecule has 0 amide bonds. The minimum Gasteiger partial charge on any atom is -0.486 e. The third-order valence-corrected chi connectivity index (χ3v) is 2.51. The number of nitrogen functional groups attached to an aromatic ring is 1. The maximum absolute atomic E-state index is 5.59. The second kappa shape index (κ2) is 10.2. The first-order chi connectivity index (χ1) is 9.77. The fourth-order valence-electron chi connectivity index (χ4n) is 1.46. The van der Waals surface area contributed by atoms with E-state index >= 15 is 0 Å². The van der Waals surface area contributed by atoms with E-state index in [-0.39, 0.29) is 5.95 Å². The largest absolute Gasteiger partial charge is 0.486 e. The van der Waals surface area contributed by atoms with Crippen molar-refractivity contribution in [1.82, 2.24) is 9.97 Å². The van der Waals surface area contributed by atoms with Gasteiger partial charge >= 0.3 is 0 Å². The summed E-state index contributed by atoms with van der Waals surface area (Å²) in [5.41, 5.74) is 5.59. The average molecular weight is 284 g/mol. The van der Waals surface area contributed by atoms with Crippen LogP contribution in [0.15, 0.2) is 6.20 Å². The molecule has 7 nitrogen and oxygen atoms in total.